The van der Waals surface area contributed by atoms with E-state index >= 15 is 0 Å². The number of carbonyl (C=O) groups is 1. The molecule has 0 aliphatic carbocycles. The summed E-state index contributed by atoms with van der Waals surface area (Å²) in [5.74, 6) is -0.411. The molecule has 128 valence electrons. The third-order valence-electron chi connectivity index (χ3n) is 4.21. The van der Waals surface area contributed by atoms with E-state index in [9.17, 15) is 18.3 Å². The van der Waals surface area contributed by atoms with Gasteiger partial charge in [-0.3, -0.25) is 9.69 Å². The Bertz CT molecular complexity index is 667. The molecule has 2 unspecified atom stereocenters. The molecule has 23 heavy (non-hydrogen) atoms. The van der Waals surface area contributed by atoms with Gasteiger partial charge < -0.3 is 10.8 Å². The predicted octanol–water partition coefficient (Wildman–Crippen LogP) is -0.0800. The summed E-state index contributed by atoms with van der Waals surface area (Å²) >= 11 is 0. The maximum Gasteiger partial charge on any atom is 0.243 e. The largest absolute Gasteiger partial charge is 0.389 e. The Morgan fingerprint density at radius 1 is 1.22 bits per heavy atom. The Morgan fingerprint density at radius 3 is 2.35 bits per heavy atom. The Labute approximate surface area is 136 Å². The highest BCUT2D eigenvalue weighted by molar-refractivity contribution is 7.89. The van der Waals surface area contributed by atoms with Crippen LogP contribution >= 0.6 is 0 Å². The van der Waals surface area contributed by atoms with Crippen LogP contribution in [-0.4, -0.2) is 60.9 Å². The van der Waals surface area contributed by atoms with E-state index in [0.29, 0.717) is 31.7 Å². The van der Waals surface area contributed by atoms with Crippen molar-refractivity contribution < 1.29 is 18.3 Å². The summed E-state index contributed by atoms with van der Waals surface area (Å²) in [4.78, 5) is 13.3. The van der Waals surface area contributed by atoms with Gasteiger partial charge in [-0.25, -0.2) is 8.42 Å². The quantitative estimate of drug-likeness (QED) is 0.779. The zero-order valence-electron chi connectivity index (χ0n) is 13.3. The van der Waals surface area contributed by atoms with Crippen LogP contribution in [0.2, 0.25) is 0 Å². The highest BCUT2D eigenvalue weighted by Gasteiger charge is 2.31. The lowest BCUT2D eigenvalue weighted by Gasteiger charge is -2.36. The van der Waals surface area contributed by atoms with Crippen molar-refractivity contribution in [2.45, 2.75) is 30.9 Å². The first-order valence-electron chi connectivity index (χ1n) is 7.55. The number of amides is 1. The number of carbonyl (C=O) groups excluding carboxylic acids is 1. The molecule has 7 nitrogen and oxygen atoms in total. The summed E-state index contributed by atoms with van der Waals surface area (Å²) in [6.07, 6.45) is -0.724. The molecule has 0 aromatic heterocycles. The molecule has 1 aliphatic heterocycles. The van der Waals surface area contributed by atoms with Gasteiger partial charge in [-0.05, 0) is 31.5 Å². The smallest absolute Gasteiger partial charge is 0.243 e. The second-order valence-corrected chi connectivity index (χ2v) is 7.70. The summed E-state index contributed by atoms with van der Waals surface area (Å²) in [5, 5.41) is 9.61. The van der Waals surface area contributed by atoms with Crippen LogP contribution in [0.25, 0.3) is 0 Å². The first-order valence-corrected chi connectivity index (χ1v) is 8.99. The van der Waals surface area contributed by atoms with E-state index in [1.807, 2.05) is 4.90 Å². The second-order valence-electron chi connectivity index (χ2n) is 5.77. The fourth-order valence-electron chi connectivity index (χ4n) is 2.60. The summed E-state index contributed by atoms with van der Waals surface area (Å²) < 4.78 is 26.8. The van der Waals surface area contributed by atoms with Crippen molar-refractivity contribution in [3.05, 3.63) is 29.8 Å². The van der Waals surface area contributed by atoms with Gasteiger partial charge >= 0.3 is 0 Å². The molecule has 1 amide bonds. The van der Waals surface area contributed by atoms with Gasteiger partial charge in [0.2, 0.25) is 15.9 Å². The summed E-state index contributed by atoms with van der Waals surface area (Å²) in [6, 6.07) is 5.94. The second kappa shape index (κ2) is 6.96. The van der Waals surface area contributed by atoms with Crippen molar-refractivity contribution in [1.82, 2.24) is 9.21 Å². The van der Waals surface area contributed by atoms with Crippen LogP contribution in [-0.2, 0) is 14.8 Å². The highest BCUT2D eigenvalue weighted by Crippen LogP contribution is 2.22. The van der Waals surface area contributed by atoms with E-state index in [-0.39, 0.29) is 4.90 Å². The van der Waals surface area contributed by atoms with Gasteiger partial charge in [-0.1, -0.05) is 12.1 Å². The number of aliphatic hydroxyl groups excluding tert-OH is 1. The van der Waals surface area contributed by atoms with Crippen LogP contribution in [0.15, 0.2) is 29.2 Å². The lowest BCUT2D eigenvalue weighted by Crippen LogP contribution is -2.54. The van der Waals surface area contributed by atoms with E-state index < -0.39 is 28.1 Å². The Kier molecular flexibility index (Phi) is 5.41. The summed E-state index contributed by atoms with van der Waals surface area (Å²) in [5.41, 5.74) is 5.85. The minimum Gasteiger partial charge on any atom is -0.389 e. The lowest BCUT2D eigenvalue weighted by atomic mass is 10.1. The Hall–Kier alpha value is -1.48. The monoisotopic (exact) mass is 341 g/mol. The van der Waals surface area contributed by atoms with E-state index in [1.54, 1.807) is 26.0 Å². The molecular formula is C15H23N3O4S. The van der Waals surface area contributed by atoms with Crippen LogP contribution in [0, 0.1) is 0 Å². The van der Waals surface area contributed by atoms with Gasteiger partial charge in [-0.2, -0.15) is 4.31 Å². The molecule has 1 aromatic carbocycles. The van der Waals surface area contributed by atoms with E-state index in [2.05, 4.69) is 0 Å². The Morgan fingerprint density at radius 2 is 1.83 bits per heavy atom. The SMILES string of the molecule is CC(O)c1cccc(S(=O)(=O)N2CCN(C(C)C(N)=O)CC2)c1. The molecule has 0 spiro atoms. The number of benzene rings is 1. The van der Waals surface area contributed by atoms with Gasteiger partial charge in [0.15, 0.2) is 0 Å². The number of sulfonamides is 1. The maximum absolute atomic E-state index is 12.7. The van der Waals surface area contributed by atoms with Gasteiger partial charge in [0, 0.05) is 26.2 Å². The van der Waals surface area contributed by atoms with Crippen LogP contribution < -0.4 is 5.73 Å². The zero-order chi connectivity index (χ0) is 17.2. The standard InChI is InChI=1S/C15H23N3O4S/c1-11(15(16)20)17-6-8-18(9-7-17)23(21,22)14-5-3-4-13(10-14)12(2)19/h3-5,10-12,19H,6-9H2,1-2H3,(H2,16,20). The summed E-state index contributed by atoms with van der Waals surface area (Å²) in [7, 11) is -3.61. The molecule has 1 saturated heterocycles. The van der Waals surface area contributed by atoms with Crippen LogP contribution in [0.4, 0.5) is 0 Å². The molecule has 2 rings (SSSR count). The first-order chi connectivity index (χ1) is 10.7. The number of nitrogens with two attached hydrogens (primary N) is 1. The average molecular weight is 341 g/mol. The number of hydrogen-bond donors (Lipinski definition) is 2. The number of primary amides is 1. The van der Waals surface area contributed by atoms with Crippen molar-refractivity contribution in [3.63, 3.8) is 0 Å². The molecule has 0 radical (unpaired) electrons. The Balaban J connectivity index is 2.13. The van der Waals surface area contributed by atoms with Crippen molar-refractivity contribution in [2.24, 2.45) is 5.73 Å². The molecule has 2 atom stereocenters. The zero-order valence-corrected chi connectivity index (χ0v) is 14.2. The molecule has 1 heterocycles. The lowest BCUT2D eigenvalue weighted by molar-refractivity contribution is -0.123. The normalized spacial score (nSPS) is 20.1. The average Bonchev–Trinajstić information content (AvgIpc) is 2.54. The molecule has 1 aliphatic rings. The van der Waals surface area contributed by atoms with Crippen molar-refractivity contribution in [3.8, 4) is 0 Å². The van der Waals surface area contributed by atoms with Crippen molar-refractivity contribution in [2.75, 3.05) is 26.2 Å². The van der Waals surface area contributed by atoms with Crippen molar-refractivity contribution in [1.29, 1.82) is 0 Å². The summed E-state index contributed by atoms with van der Waals surface area (Å²) in [6.45, 7) is 4.84. The van der Waals surface area contributed by atoms with Gasteiger partial charge in [0.25, 0.3) is 0 Å². The van der Waals surface area contributed by atoms with Gasteiger partial charge in [0.05, 0.1) is 17.0 Å². The molecule has 1 fully saturated rings. The first kappa shape index (κ1) is 17.9. The molecule has 0 saturated carbocycles. The minimum absolute atomic E-state index is 0.173. The third-order valence-corrected chi connectivity index (χ3v) is 6.11. The topological polar surface area (TPSA) is 104 Å². The van der Waals surface area contributed by atoms with Crippen LogP contribution in [0.5, 0.6) is 0 Å². The van der Waals surface area contributed by atoms with E-state index in [4.69, 9.17) is 5.73 Å². The third kappa shape index (κ3) is 3.89. The van der Waals surface area contributed by atoms with Crippen LogP contribution in [0.3, 0.4) is 0 Å². The molecule has 8 heteroatoms. The molecule has 0 bridgehead atoms. The number of nitrogens with zero attached hydrogens (tertiary/aromatic N) is 2. The number of aliphatic hydroxyl groups is 1. The fraction of sp³-hybridized carbons (Fsp3) is 0.533. The highest BCUT2D eigenvalue weighted by atomic mass is 32.2. The molecule has 1 aromatic rings. The molecule has 3 N–H and O–H groups in total. The van der Waals surface area contributed by atoms with Gasteiger partial charge in [-0.15, -0.1) is 0 Å². The van der Waals surface area contributed by atoms with E-state index in [0.717, 1.165) is 0 Å². The minimum atomic E-state index is -3.61. The van der Waals surface area contributed by atoms with Crippen molar-refractivity contribution >= 4 is 15.9 Å². The molecular weight excluding hydrogens is 318 g/mol. The number of rotatable bonds is 5. The predicted molar refractivity (Wildman–Crippen MR) is 86.1 cm³/mol. The number of hydrogen-bond acceptors (Lipinski definition) is 5. The van der Waals surface area contributed by atoms with Gasteiger partial charge in [0.1, 0.15) is 0 Å². The van der Waals surface area contributed by atoms with E-state index in [1.165, 1.54) is 16.4 Å². The number of piperazine rings is 1. The maximum atomic E-state index is 12.7. The fourth-order valence-corrected chi connectivity index (χ4v) is 4.07. The van der Waals surface area contributed by atoms with Crippen LogP contribution in [0.1, 0.15) is 25.5 Å².